The van der Waals surface area contributed by atoms with Crippen LogP contribution in [0.4, 0.5) is 4.39 Å². The van der Waals surface area contributed by atoms with Crippen LogP contribution in [0.1, 0.15) is 24.0 Å². The molecule has 0 atom stereocenters. The Morgan fingerprint density at radius 2 is 1.71 bits per heavy atom. The third-order valence-electron chi connectivity index (χ3n) is 4.62. The van der Waals surface area contributed by atoms with Gasteiger partial charge in [0.15, 0.2) is 0 Å². The van der Waals surface area contributed by atoms with Crippen molar-refractivity contribution in [2.45, 2.75) is 25.9 Å². The van der Waals surface area contributed by atoms with Crippen LogP contribution in [-0.2, 0) is 17.9 Å². The lowest BCUT2D eigenvalue weighted by Gasteiger charge is -2.31. The number of carbonyl (C=O) groups excluding carboxylic acids is 1. The number of amides is 1. The smallest absolute Gasteiger partial charge is 0.223 e. The molecular weight excluding hydrogens is 303 g/mol. The van der Waals surface area contributed by atoms with Crippen molar-refractivity contribution in [3.05, 3.63) is 71.5 Å². The van der Waals surface area contributed by atoms with Crippen LogP contribution in [-0.4, -0.2) is 23.9 Å². The van der Waals surface area contributed by atoms with E-state index in [-0.39, 0.29) is 17.6 Å². The predicted octanol–water partition coefficient (Wildman–Crippen LogP) is 3.35. The molecule has 3 rings (SSSR count). The van der Waals surface area contributed by atoms with Crippen molar-refractivity contribution < 1.29 is 9.18 Å². The van der Waals surface area contributed by atoms with Gasteiger partial charge in [-0.3, -0.25) is 9.69 Å². The van der Waals surface area contributed by atoms with E-state index in [1.54, 1.807) is 6.07 Å². The second-order valence-corrected chi connectivity index (χ2v) is 6.35. The number of nitrogens with zero attached hydrogens (tertiary/aromatic N) is 1. The monoisotopic (exact) mass is 326 g/mol. The number of nitrogens with one attached hydrogen (secondary N) is 1. The first-order chi connectivity index (χ1) is 11.7. The van der Waals surface area contributed by atoms with Crippen LogP contribution >= 0.6 is 0 Å². The van der Waals surface area contributed by atoms with Crippen LogP contribution in [0.15, 0.2) is 54.6 Å². The summed E-state index contributed by atoms with van der Waals surface area (Å²) in [6.07, 6.45) is 1.66. The molecule has 0 unspecified atom stereocenters. The average Bonchev–Trinajstić information content (AvgIpc) is 2.63. The van der Waals surface area contributed by atoms with Gasteiger partial charge in [-0.15, -0.1) is 0 Å². The highest BCUT2D eigenvalue weighted by atomic mass is 19.1. The number of halogens is 1. The van der Waals surface area contributed by atoms with Crippen molar-refractivity contribution >= 4 is 5.91 Å². The average molecular weight is 326 g/mol. The van der Waals surface area contributed by atoms with E-state index in [2.05, 4.69) is 10.2 Å². The summed E-state index contributed by atoms with van der Waals surface area (Å²) in [5, 5.41) is 3.02. The molecule has 0 saturated carbocycles. The summed E-state index contributed by atoms with van der Waals surface area (Å²) in [4.78, 5) is 14.5. The van der Waals surface area contributed by atoms with Crippen molar-refractivity contribution in [2.75, 3.05) is 13.1 Å². The Bertz CT molecular complexity index is 666. The maximum atomic E-state index is 13.7. The normalized spacial score (nSPS) is 16.0. The predicted molar refractivity (Wildman–Crippen MR) is 92.7 cm³/mol. The molecule has 1 fully saturated rings. The van der Waals surface area contributed by atoms with E-state index in [9.17, 15) is 9.18 Å². The van der Waals surface area contributed by atoms with Crippen LogP contribution < -0.4 is 5.32 Å². The standard InChI is InChI=1S/C20H23FN2O/c21-19-9-5-4-8-18(19)15-23-12-10-17(11-13-23)20(24)22-14-16-6-2-1-3-7-16/h1-9,17H,10-15H2,(H,22,24). The van der Waals surface area contributed by atoms with Crippen LogP contribution in [0.2, 0.25) is 0 Å². The van der Waals surface area contributed by atoms with Crippen LogP contribution in [0.5, 0.6) is 0 Å². The number of rotatable bonds is 5. The zero-order valence-corrected chi connectivity index (χ0v) is 13.7. The molecule has 1 aliphatic rings. The van der Waals surface area contributed by atoms with Crippen molar-refractivity contribution in [1.82, 2.24) is 10.2 Å². The van der Waals surface area contributed by atoms with Gasteiger partial charge in [0, 0.05) is 24.6 Å². The highest BCUT2D eigenvalue weighted by molar-refractivity contribution is 5.78. The van der Waals surface area contributed by atoms with Crippen LogP contribution in [0.25, 0.3) is 0 Å². The Kier molecular flexibility index (Phi) is 5.59. The van der Waals surface area contributed by atoms with Crippen molar-refractivity contribution in [1.29, 1.82) is 0 Å². The molecule has 0 spiro atoms. The third-order valence-corrected chi connectivity index (χ3v) is 4.62. The summed E-state index contributed by atoms with van der Waals surface area (Å²) in [7, 11) is 0. The second kappa shape index (κ2) is 8.06. The summed E-state index contributed by atoms with van der Waals surface area (Å²) in [6.45, 7) is 2.86. The van der Waals surface area contributed by atoms with Gasteiger partial charge in [-0.1, -0.05) is 48.5 Å². The van der Waals surface area contributed by atoms with E-state index >= 15 is 0 Å². The zero-order chi connectivity index (χ0) is 16.8. The summed E-state index contributed by atoms with van der Waals surface area (Å²) < 4.78 is 13.7. The van der Waals surface area contributed by atoms with Crippen LogP contribution in [0.3, 0.4) is 0 Å². The molecule has 1 heterocycles. The maximum Gasteiger partial charge on any atom is 0.223 e. The number of piperidine rings is 1. The Morgan fingerprint density at radius 3 is 2.42 bits per heavy atom. The molecule has 24 heavy (non-hydrogen) atoms. The summed E-state index contributed by atoms with van der Waals surface area (Å²) in [5.74, 6) is 0.0372. The van der Waals surface area contributed by atoms with Gasteiger partial charge in [0.05, 0.1) is 0 Å². The van der Waals surface area contributed by atoms with Crippen molar-refractivity contribution in [3.63, 3.8) is 0 Å². The largest absolute Gasteiger partial charge is 0.352 e. The molecule has 0 aromatic heterocycles. The topological polar surface area (TPSA) is 32.3 Å². The Hall–Kier alpha value is -2.20. The van der Waals surface area contributed by atoms with Gasteiger partial charge >= 0.3 is 0 Å². The van der Waals surface area contributed by atoms with Gasteiger partial charge in [-0.05, 0) is 37.6 Å². The fraction of sp³-hybridized carbons (Fsp3) is 0.350. The quantitative estimate of drug-likeness (QED) is 0.914. The summed E-state index contributed by atoms with van der Waals surface area (Å²) >= 11 is 0. The first kappa shape index (κ1) is 16.7. The molecule has 126 valence electrons. The van der Waals surface area contributed by atoms with E-state index in [1.165, 1.54) is 6.07 Å². The highest BCUT2D eigenvalue weighted by Crippen LogP contribution is 2.20. The van der Waals surface area contributed by atoms with Gasteiger partial charge < -0.3 is 5.32 Å². The maximum absolute atomic E-state index is 13.7. The molecule has 0 bridgehead atoms. The second-order valence-electron chi connectivity index (χ2n) is 6.35. The molecule has 1 aliphatic heterocycles. The van der Waals surface area contributed by atoms with E-state index in [4.69, 9.17) is 0 Å². The van der Waals surface area contributed by atoms with E-state index in [1.807, 2.05) is 42.5 Å². The number of likely N-dealkylation sites (tertiary alicyclic amines) is 1. The van der Waals surface area contributed by atoms with Crippen LogP contribution in [0, 0.1) is 11.7 Å². The SMILES string of the molecule is O=C(NCc1ccccc1)C1CCN(Cc2ccccc2F)CC1. The van der Waals surface area contributed by atoms with Crippen molar-refractivity contribution in [2.24, 2.45) is 5.92 Å². The van der Waals surface area contributed by atoms with Gasteiger partial charge in [-0.25, -0.2) is 4.39 Å². The summed E-state index contributed by atoms with van der Waals surface area (Å²) in [5.41, 5.74) is 1.84. The van der Waals surface area contributed by atoms with Crippen molar-refractivity contribution in [3.8, 4) is 0 Å². The number of carbonyl (C=O) groups is 1. The molecule has 0 aliphatic carbocycles. The summed E-state index contributed by atoms with van der Waals surface area (Å²) in [6, 6.07) is 16.8. The first-order valence-corrected chi connectivity index (χ1v) is 8.50. The molecule has 2 aromatic carbocycles. The van der Waals surface area contributed by atoms with E-state index in [0.29, 0.717) is 13.1 Å². The van der Waals surface area contributed by atoms with E-state index < -0.39 is 0 Å². The minimum absolute atomic E-state index is 0.0607. The lowest BCUT2D eigenvalue weighted by molar-refractivity contribution is -0.126. The number of benzene rings is 2. The molecule has 1 amide bonds. The first-order valence-electron chi connectivity index (χ1n) is 8.50. The molecule has 1 N–H and O–H groups in total. The van der Waals surface area contributed by atoms with Gasteiger partial charge in [0.1, 0.15) is 5.82 Å². The minimum atomic E-state index is -0.153. The van der Waals surface area contributed by atoms with Gasteiger partial charge in [0.25, 0.3) is 0 Å². The Balaban J connectivity index is 1.44. The Labute approximate surface area is 142 Å². The zero-order valence-electron chi connectivity index (χ0n) is 13.7. The third kappa shape index (κ3) is 4.42. The molecule has 2 aromatic rings. The fourth-order valence-corrected chi connectivity index (χ4v) is 3.15. The minimum Gasteiger partial charge on any atom is -0.352 e. The highest BCUT2D eigenvalue weighted by Gasteiger charge is 2.25. The molecule has 0 radical (unpaired) electrons. The molecule has 4 heteroatoms. The number of hydrogen-bond acceptors (Lipinski definition) is 2. The van der Waals surface area contributed by atoms with Gasteiger partial charge in [0.2, 0.25) is 5.91 Å². The molecular formula is C20H23FN2O. The van der Waals surface area contributed by atoms with Gasteiger partial charge in [-0.2, -0.15) is 0 Å². The fourth-order valence-electron chi connectivity index (χ4n) is 3.15. The molecule has 3 nitrogen and oxygen atoms in total. The number of hydrogen-bond donors (Lipinski definition) is 1. The lowest BCUT2D eigenvalue weighted by atomic mass is 9.95. The molecule has 1 saturated heterocycles. The van der Waals surface area contributed by atoms with E-state index in [0.717, 1.165) is 37.1 Å². The Morgan fingerprint density at radius 1 is 1.04 bits per heavy atom. The lowest BCUT2D eigenvalue weighted by Crippen LogP contribution is -2.40.